The first-order chi connectivity index (χ1) is 14.1. The Kier molecular flexibility index (Phi) is 5.79. The second-order valence-corrected chi connectivity index (χ2v) is 8.11. The largest absolute Gasteiger partial charge is 0.338 e. The van der Waals surface area contributed by atoms with Gasteiger partial charge >= 0.3 is 6.03 Å². The first kappa shape index (κ1) is 19.4. The highest BCUT2D eigenvalue weighted by atomic mass is 16.2. The molecule has 29 heavy (non-hydrogen) atoms. The number of hydrogen-bond acceptors (Lipinski definition) is 3. The van der Waals surface area contributed by atoms with E-state index < -0.39 is 0 Å². The van der Waals surface area contributed by atoms with Crippen LogP contribution in [0.15, 0.2) is 48.7 Å². The molecule has 1 aliphatic heterocycles. The lowest BCUT2D eigenvalue weighted by molar-refractivity contribution is 0.207. The van der Waals surface area contributed by atoms with Crippen LogP contribution in [-0.4, -0.2) is 45.1 Å². The molecule has 1 N–H and O–H groups in total. The zero-order valence-electron chi connectivity index (χ0n) is 17.2. The van der Waals surface area contributed by atoms with E-state index in [0.29, 0.717) is 18.5 Å². The minimum absolute atomic E-state index is 0.0439. The molecule has 1 aromatic carbocycles. The number of nitrogens with one attached hydrogen (secondary N) is 1. The molecule has 0 aliphatic carbocycles. The summed E-state index contributed by atoms with van der Waals surface area (Å²) in [6.45, 7) is 6.59. The van der Waals surface area contributed by atoms with E-state index in [9.17, 15) is 4.79 Å². The molecule has 6 nitrogen and oxygen atoms in total. The smallest absolute Gasteiger partial charge is 0.317 e. The number of nitrogens with zero attached hydrogens (tertiary/aromatic N) is 4. The van der Waals surface area contributed by atoms with E-state index in [-0.39, 0.29) is 6.03 Å². The van der Waals surface area contributed by atoms with Crippen molar-refractivity contribution in [3.05, 3.63) is 60.0 Å². The van der Waals surface area contributed by atoms with Crippen molar-refractivity contribution in [3.8, 4) is 0 Å². The van der Waals surface area contributed by atoms with E-state index in [4.69, 9.17) is 4.98 Å². The maximum absolute atomic E-state index is 12.5. The first-order valence-corrected chi connectivity index (χ1v) is 10.5. The Morgan fingerprint density at radius 3 is 2.83 bits per heavy atom. The quantitative estimate of drug-likeness (QED) is 0.695. The molecule has 1 aliphatic rings. The SMILES string of the molecule is CC(C)n1c(C[C@H]2CCN(C(=O)NCCc3ccccc3)C2)nc2cccnc21. The standard InChI is InChI=1S/C23H29N5O/c1-17(2)28-21(26-20-9-6-12-24-22(20)28)15-19-11-14-27(16-19)23(29)25-13-10-18-7-4-3-5-8-18/h3-9,12,17,19H,10-11,13-16H2,1-2H3,(H,25,29)/t19-/m1/s1. The van der Waals surface area contributed by atoms with Crippen LogP contribution in [0.4, 0.5) is 4.79 Å². The molecule has 1 saturated heterocycles. The molecular weight excluding hydrogens is 362 g/mol. The average Bonchev–Trinajstić information content (AvgIpc) is 3.33. The molecule has 1 fully saturated rings. The summed E-state index contributed by atoms with van der Waals surface area (Å²) in [7, 11) is 0. The van der Waals surface area contributed by atoms with Crippen LogP contribution in [0.2, 0.25) is 0 Å². The second kappa shape index (κ2) is 8.64. The highest BCUT2D eigenvalue weighted by Gasteiger charge is 2.28. The Morgan fingerprint density at radius 2 is 2.03 bits per heavy atom. The number of hydrogen-bond donors (Lipinski definition) is 1. The normalized spacial score (nSPS) is 16.7. The van der Waals surface area contributed by atoms with E-state index >= 15 is 0 Å². The molecule has 3 heterocycles. The van der Waals surface area contributed by atoms with Gasteiger partial charge < -0.3 is 14.8 Å². The van der Waals surface area contributed by atoms with Gasteiger partial charge in [-0.2, -0.15) is 0 Å². The lowest BCUT2D eigenvalue weighted by Gasteiger charge is -2.18. The zero-order valence-corrected chi connectivity index (χ0v) is 17.2. The van der Waals surface area contributed by atoms with Gasteiger partial charge in [0, 0.05) is 38.3 Å². The summed E-state index contributed by atoms with van der Waals surface area (Å²) in [6.07, 6.45) is 4.57. The third-order valence-corrected chi connectivity index (χ3v) is 5.62. The number of rotatable bonds is 6. The highest BCUT2D eigenvalue weighted by molar-refractivity contribution is 5.74. The summed E-state index contributed by atoms with van der Waals surface area (Å²) in [5.41, 5.74) is 3.14. The van der Waals surface area contributed by atoms with Crippen molar-refractivity contribution in [2.45, 2.75) is 39.2 Å². The van der Waals surface area contributed by atoms with Crippen LogP contribution in [0.5, 0.6) is 0 Å². The maximum Gasteiger partial charge on any atom is 0.317 e. The van der Waals surface area contributed by atoms with Crippen molar-refractivity contribution < 1.29 is 4.79 Å². The predicted molar refractivity (Wildman–Crippen MR) is 115 cm³/mol. The van der Waals surface area contributed by atoms with Gasteiger partial charge in [0.15, 0.2) is 5.65 Å². The number of urea groups is 1. The van der Waals surface area contributed by atoms with Crippen molar-refractivity contribution in [1.29, 1.82) is 0 Å². The molecule has 4 rings (SSSR count). The molecule has 0 saturated carbocycles. The molecule has 6 heteroatoms. The third-order valence-electron chi connectivity index (χ3n) is 5.62. The number of amides is 2. The summed E-state index contributed by atoms with van der Waals surface area (Å²) < 4.78 is 2.23. The molecule has 0 spiro atoms. The van der Waals surface area contributed by atoms with Crippen molar-refractivity contribution >= 4 is 17.2 Å². The third kappa shape index (κ3) is 4.42. The molecule has 152 valence electrons. The number of fused-ring (bicyclic) bond motifs is 1. The van der Waals surface area contributed by atoms with Gasteiger partial charge in [0.05, 0.1) is 0 Å². The van der Waals surface area contributed by atoms with E-state index in [0.717, 1.165) is 49.3 Å². The molecule has 2 aromatic heterocycles. The van der Waals surface area contributed by atoms with Crippen LogP contribution >= 0.6 is 0 Å². The lowest BCUT2D eigenvalue weighted by atomic mass is 10.0. The summed E-state index contributed by atoms with van der Waals surface area (Å²) in [5, 5.41) is 3.06. The fourth-order valence-electron chi connectivity index (χ4n) is 4.18. The van der Waals surface area contributed by atoms with Crippen molar-refractivity contribution in [3.63, 3.8) is 0 Å². The monoisotopic (exact) mass is 391 g/mol. The van der Waals surface area contributed by atoms with E-state index in [1.165, 1.54) is 5.56 Å². The highest BCUT2D eigenvalue weighted by Crippen LogP contribution is 2.25. The molecular formula is C23H29N5O. The number of benzene rings is 1. The van der Waals surface area contributed by atoms with Crippen LogP contribution in [-0.2, 0) is 12.8 Å². The van der Waals surface area contributed by atoms with Gasteiger partial charge in [0.25, 0.3) is 0 Å². The Hall–Kier alpha value is -2.89. The van der Waals surface area contributed by atoms with Crippen molar-refractivity contribution in [2.24, 2.45) is 5.92 Å². The van der Waals surface area contributed by atoms with Gasteiger partial charge in [-0.1, -0.05) is 30.3 Å². The predicted octanol–water partition coefficient (Wildman–Crippen LogP) is 3.83. The summed E-state index contributed by atoms with van der Waals surface area (Å²) in [5.74, 6) is 1.51. The van der Waals surface area contributed by atoms with Gasteiger partial charge in [0.2, 0.25) is 0 Å². The zero-order chi connectivity index (χ0) is 20.2. The van der Waals surface area contributed by atoms with E-state index in [1.54, 1.807) is 0 Å². The Morgan fingerprint density at radius 1 is 1.21 bits per heavy atom. The fourth-order valence-corrected chi connectivity index (χ4v) is 4.18. The van der Waals surface area contributed by atoms with Gasteiger partial charge in [-0.15, -0.1) is 0 Å². The molecule has 2 amide bonds. The number of aromatic nitrogens is 3. The van der Waals surface area contributed by atoms with Crippen LogP contribution in [0, 0.1) is 5.92 Å². The number of pyridine rings is 1. The fraction of sp³-hybridized carbons (Fsp3) is 0.435. The van der Waals surface area contributed by atoms with Gasteiger partial charge in [0.1, 0.15) is 11.3 Å². The Balaban J connectivity index is 1.34. The second-order valence-electron chi connectivity index (χ2n) is 8.11. The van der Waals surface area contributed by atoms with Crippen LogP contribution in [0.3, 0.4) is 0 Å². The molecule has 0 bridgehead atoms. The number of imidazole rings is 1. The molecule has 1 atom stereocenters. The first-order valence-electron chi connectivity index (χ1n) is 10.5. The Bertz CT molecular complexity index is 966. The molecule has 0 unspecified atom stereocenters. The number of carbonyl (C=O) groups is 1. The summed E-state index contributed by atoms with van der Waals surface area (Å²) >= 11 is 0. The lowest BCUT2D eigenvalue weighted by Crippen LogP contribution is -2.39. The van der Waals surface area contributed by atoms with E-state index in [2.05, 4.69) is 40.8 Å². The minimum atomic E-state index is 0.0439. The topological polar surface area (TPSA) is 63.1 Å². The van der Waals surface area contributed by atoms with Gasteiger partial charge in [-0.3, -0.25) is 0 Å². The number of carbonyl (C=O) groups excluding carboxylic acids is 1. The van der Waals surface area contributed by atoms with E-state index in [1.807, 2.05) is 41.4 Å². The van der Waals surface area contributed by atoms with Gasteiger partial charge in [-0.05, 0) is 50.3 Å². The summed E-state index contributed by atoms with van der Waals surface area (Å²) in [4.78, 5) is 23.8. The molecule has 3 aromatic rings. The van der Waals surface area contributed by atoms with Crippen LogP contribution < -0.4 is 5.32 Å². The van der Waals surface area contributed by atoms with Crippen molar-refractivity contribution in [1.82, 2.24) is 24.8 Å². The maximum atomic E-state index is 12.5. The van der Waals surface area contributed by atoms with Crippen LogP contribution in [0.25, 0.3) is 11.2 Å². The summed E-state index contributed by atoms with van der Waals surface area (Å²) in [6, 6.07) is 14.6. The van der Waals surface area contributed by atoms with Gasteiger partial charge in [-0.25, -0.2) is 14.8 Å². The minimum Gasteiger partial charge on any atom is -0.338 e. The van der Waals surface area contributed by atoms with Crippen molar-refractivity contribution in [2.75, 3.05) is 19.6 Å². The Labute approximate surface area is 172 Å². The van der Waals surface area contributed by atoms with Crippen LogP contribution in [0.1, 0.15) is 37.7 Å². The molecule has 0 radical (unpaired) electrons. The average molecular weight is 392 g/mol. The number of likely N-dealkylation sites (tertiary alicyclic amines) is 1.